The van der Waals surface area contributed by atoms with Crippen LogP contribution in [0.5, 0.6) is 0 Å². The average Bonchev–Trinajstić information content (AvgIpc) is 2.12. The molecule has 0 atom stereocenters. The fourth-order valence-corrected chi connectivity index (χ4v) is 1.45. The van der Waals surface area contributed by atoms with Crippen molar-refractivity contribution >= 4 is 15.8 Å². The van der Waals surface area contributed by atoms with Crippen LogP contribution in [0.4, 0.5) is 0 Å². The third kappa shape index (κ3) is 5.46. The van der Waals surface area contributed by atoms with Gasteiger partial charge in [0.15, 0.2) is 15.8 Å². The van der Waals surface area contributed by atoms with Crippen LogP contribution in [0.2, 0.25) is 0 Å². The van der Waals surface area contributed by atoms with Gasteiger partial charge in [-0.1, -0.05) is 6.92 Å². The zero-order valence-electron chi connectivity index (χ0n) is 8.29. The fraction of sp³-hybridized carbons (Fsp3) is 0.857. The normalized spacial score (nSPS) is 12.7. The quantitative estimate of drug-likeness (QED) is 0.468. The lowest BCUT2D eigenvalue weighted by Gasteiger charge is -2.07. The van der Waals surface area contributed by atoms with Gasteiger partial charge >= 0.3 is 0 Å². The third-order valence-corrected chi connectivity index (χ3v) is 3.31. The molecule has 5 nitrogen and oxygen atoms in total. The van der Waals surface area contributed by atoms with E-state index in [1.165, 1.54) is 0 Å². The van der Waals surface area contributed by atoms with Crippen molar-refractivity contribution in [1.29, 1.82) is 0 Å². The first-order valence-corrected chi connectivity index (χ1v) is 5.96. The van der Waals surface area contributed by atoms with E-state index in [1.807, 2.05) is 0 Å². The largest absolute Gasteiger partial charge is 0.359 e. The van der Waals surface area contributed by atoms with Gasteiger partial charge in [0, 0.05) is 26.4 Å². The maximum atomic E-state index is 11.1. The fourth-order valence-electron chi connectivity index (χ4n) is 0.749. The summed E-state index contributed by atoms with van der Waals surface area (Å²) in [6, 6.07) is 0. The number of rotatable bonds is 4. The Kier molecular flexibility index (Phi) is 5.45. The molecule has 78 valence electrons. The Labute approximate surface area is 79.5 Å². The molecule has 0 aliphatic rings. The number of guanidine groups is 1. The molecule has 0 aliphatic carbocycles. The highest BCUT2D eigenvalue weighted by Gasteiger charge is 2.06. The van der Waals surface area contributed by atoms with Crippen LogP contribution in [0, 0.1) is 0 Å². The van der Waals surface area contributed by atoms with E-state index in [1.54, 1.807) is 21.0 Å². The second-order valence-corrected chi connectivity index (χ2v) is 4.96. The lowest BCUT2D eigenvalue weighted by atomic mass is 10.7. The average molecular weight is 207 g/mol. The van der Waals surface area contributed by atoms with Gasteiger partial charge in [0.1, 0.15) is 0 Å². The van der Waals surface area contributed by atoms with E-state index in [4.69, 9.17) is 0 Å². The summed E-state index contributed by atoms with van der Waals surface area (Å²) >= 11 is 0. The van der Waals surface area contributed by atoms with Gasteiger partial charge in [0.05, 0.1) is 5.75 Å². The van der Waals surface area contributed by atoms with E-state index in [0.717, 1.165) is 0 Å². The van der Waals surface area contributed by atoms with Crippen molar-refractivity contribution < 1.29 is 8.42 Å². The standard InChI is InChI=1S/C7H17N3O2S/c1-4-13(11,12)6-5-10-7(8-2)9-3/h4-6H2,1-3H3,(H2,8,9,10). The Morgan fingerprint density at radius 2 is 2.08 bits per heavy atom. The van der Waals surface area contributed by atoms with Crippen LogP contribution in [-0.4, -0.2) is 46.5 Å². The van der Waals surface area contributed by atoms with Gasteiger partial charge in [-0.15, -0.1) is 0 Å². The molecule has 0 aromatic carbocycles. The minimum Gasteiger partial charge on any atom is -0.359 e. The number of hydrogen-bond acceptors (Lipinski definition) is 3. The van der Waals surface area contributed by atoms with Gasteiger partial charge in [-0.3, -0.25) is 4.99 Å². The molecular weight excluding hydrogens is 190 g/mol. The van der Waals surface area contributed by atoms with Gasteiger partial charge in [0.2, 0.25) is 0 Å². The Hall–Kier alpha value is -0.780. The summed E-state index contributed by atoms with van der Waals surface area (Å²) in [7, 11) is 0.481. The van der Waals surface area contributed by atoms with E-state index in [9.17, 15) is 8.42 Å². The van der Waals surface area contributed by atoms with Crippen LogP contribution >= 0.6 is 0 Å². The first kappa shape index (κ1) is 12.2. The zero-order chi connectivity index (χ0) is 10.3. The molecule has 2 N–H and O–H groups in total. The molecule has 6 heteroatoms. The van der Waals surface area contributed by atoms with Crippen molar-refractivity contribution in [2.45, 2.75) is 6.92 Å². The molecule has 0 rings (SSSR count). The van der Waals surface area contributed by atoms with Crippen molar-refractivity contribution in [3.8, 4) is 0 Å². The highest BCUT2D eigenvalue weighted by atomic mass is 32.2. The van der Waals surface area contributed by atoms with Crippen molar-refractivity contribution in [2.24, 2.45) is 4.99 Å². The third-order valence-electron chi connectivity index (χ3n) is 1.61. The highest BCUT2D eigenvalue weighted by Crippen LogP contribution is 1.86. The minimum absolute atomic E-state index is 0.143. The molecule has 0 saturated heterocycles. The maximum Gasteiger partial charge on any atom is 0.190 e. The first-order chi connectivity index (χ1) is 6.05. The summed E-state index contributed by atoms with van der Waals surface area (Å²) < 4.78 is 22.1. The van der Waals surface area contributed by atoms with Crippen molar-refractivity contribution in [3.63, 3.8) is 0 Å². The van der Waals surface area contributed by atoms with Gasteiger partial charge in [-0.05, 0) is 0 Å². The van der Waals surface area contributed by atoms with E-state index in [2.05, 4.69) is 15.6 Å². The van der Waals surface area contributed by atoms with Crippen LogP contribution in [-0.2, 0) is 9.84 Å². The van der Waals surface area contributed by atoms with Gasteiger partial charge in [-0.25, -0.2) is 8.42 Å². The molecule has 0 aromatic rings. The van der Waals surface area contributed by atoms with E-state index in [0.29, 0.717) is 12.5 Å². The van der Waals surface area contributed by atoms with Crippen LogP contribution in [0.15, 0.2) is 4.99 Å². The number of aliphatic imine (C=N–C) groups is 1. The topological polar surface area (TPSA) is 70.6 Å². The SMILES string of the molecule is CCS(=O)(=O)CCNC(=NC)NC. The Bertz CT molecular complexity index is 259. The second kappa shape index (κ2) is 5.80. The predicted octanol–water partition coefficient (Wildman–Crippen LogP) is -0.784. The van der Waals surface area contributed by atoms with Crippen molar-refractivity contribution in [2.75, 3.05) is 32.1 Å². The molecule has 0 aliphatic heterocycles. The van der Waals surface area contributed by atoms with Crippen molar-refractivity contribution in [3.05, 3.63) is 0 Å². The Balaban J connectivity index is 3.81. The number of sulfone groups is 1. The van der Waals surface area contributed by atoms with Crippen LogP contribution in [0.1, 0.15) is 6.92 Å². The summed E-state index contributed by atoms with van der Waals surface area (Å²) in [5.74, 6) is 0.933. The zero-order valence-corrected chi connectivity index (χ0v) is 9.11. The molecule has 0 spiro atoms. The minimum atomic E-state index is -2.88. The van der Waals surface area contributed by atoms with Gasteiger partial charge in [-0.2, -0.15) is 0 Å². The number of hydrogen-bond donors (Lipinski definition) is 2. The van der Waals surface area contributed by atoms with E-state index in [-0.39, 0.29) is 11.5 Å². The number of nitrogens with one attached hydrogen (secondary N) is 2. The molecule has 0 radical (unpaired) electrons. The molecular formula is C7H17N3O2S. The molecule has 0 heterocycles. The van der Waals surface area contributed by atoms with E-state index >= 15 is 0 Å². The lowest BCUT2D eigenvalue weighted by molar-refractivity contribution is 0.596. The van der Waals surface area contributed by atoms with Crippen LogP contribution < -0.4 is 10.6 Å². The molecule has 0 saturated carbocycles. The molecule has 0 fully saturated rings. The predicted molar refractivity (Wildman–Crippen MR) is 54.7 cm³/mol. The molecule has 0 amide bonds. The van der Waals surface area contributed by atoms with Crippen molar-refractivity contribution in [1.82, 2.24) is 10.6 Å². The Morgan fingerprint density at radius 3 is 2.46 bits per heavy atom. The summed E-state index contributed by atoms with van der Waals surface area (Å²) in [5.41, 5.74) is 0. The molecule has 0 aromatic heterocycles. The maximum absolute atomic E-state index is 11.1. The number of nitrogens with zero attached hydrogens (tertiary/aromatic N) is 1. The van der Waals surface area contributed by atoms with Crippen LogP contribution in [0.25, 0.3) is 0 Å². The smallest absolute Gasteiger partial charge is 0.190 e. The summed E-state index contributed by atoms with van der Waals surface area (Å²) in [6.45, 7) is 2.03. The molecule has 13 heavy (non-hydrogen) atoms. The molecule has 0 unspecified atom stereocenters. The highest BCUT2D eigenvalue weighted by molar-refractivity contribution is 7.91. The first-order valence-electron chi connectivity index (χ1n) is 4.14. The lowest BCUT2D eigenvalue weighted by Crippen LogP contribution is -2.37. The second-order valence-electron chi connectivity index (χ2n) is 2.49. The van der Waals surface area contributed by atoms with Crippen LogP contribution in [0.3, 0.4) is 0 Å². The Morgan fingerprint density at radius 1 is 1.46 bits per heavy atom. The van der Waals surface area contributed by atoms with Gasteiger partial charge < -0.3 is 10.6 Å². The molecule has 0 bridgehead atoms. The summed E-state index contributed by atoms with van der Waals surface area (Å²) in [4.78, 5) is 3.85. The monoisotopic (exact) mass is 207 g/mol. The summed E-state index contributed by atoms with van der Waals surface area (Å²) in [6.07, 6.45) is 0. The van der Waals surface area contributed by atoms with Gasteiger partial charge in [0.25, 0.3) is 0 Å². The van der Waals surface area contributed by atoms with E-state index < -0.39 is 9.84 Å². The summed E-state index contributed by atoms with van der Waals surface area (Å²) in [5, 5.41) is 5.67.